The van der Waals surface area contributed by atoms with E-state index in [9.17, 15) is 18.0 Å². The molecule has 0 fully saturated rings. The van der Waals surface area contributed by atoms with Crippen molar-refractivity contribution in [2.45, 2.75) is 12.8 Å². The Hall–Kier alpha value is -2.51. The maximum atomic E-state index is 12.3. The van der Waals surface area contributed by atoms with Gasteiger partial charge in [0.25, 0.3) is 5.76 Å². The van der Waals surface area contributed by atoms with Crippen LogP contribution in [-0.2, 0) is 12.8 Å². The smallest absolute Gasteiger partial charge is 0.416 e. The number of carboxylic acid groups (broad SMARTS) is 1. The molecule has 1 aromatic carbocycles. The van der Waals surface area contributed by atoms with Crippen LogP contribution in [0.1, 0.15) is 21.7 Å². The number of benzene rings is 1. The first kappa shape index (κ1) is 13.9. The van der Waals surface area contributed by atoms with E-state index in [-0.39, 0.29) is 23.7 Å². The van der Waals surface area contributed by atoms with Crippen LogP contribution >= 0.6 is 0 Å². The molecule has 20 heavy (non-hydrogen) atoms. The highest BCUT2D eigenvalue weighted by atomic mass is 19.4. The molecule has 0 saturated heterocycles. The minimum atomic E-state index is -4.41. The second kappa shape index (κ2) is 5.24. The maximum absolute atomic E-state index is 12.3. The van der Waals surface area contributed by atoms with Crippen LogP contribution in [0.3, 0.4) is 0 Å². The number of hydrogen-bond donors (Lipinski definition) is 1. The van der Waals surface area contributed by atoms with Gasteiger partial charge in [-0.15, -0.1) is 0 Å². The fourth-order valence-corrected chi connectivity index (χ4v) is 1.44. The summed E-state index contributed by atoms with van der Waals surface area (Å²) in [6.07, 6.45) is -3.24. The van der Waals surface area contributed by atoms with Gasteiger partial charge in [-0.25, -0.2) is 4.79 Å². The molecule has 1 aromatic heterocycles. The van der Waals surface area contributed by atoms with E-state index >= 15 is 0 Å². The Bertz CT molecular complexity index is 604. The number of alkyl halides is 3. The van der Waals surface area contributed by atoms with E-state index in [0.29, 0.717) is 0 Å². The molecule has 0 amide bonds. The van der Waals surface area contributed by atoms with Crippen LogP contribution < -0.4 is 4.74 Å². The van der Waals surface area contributed by atoms with Crippen molar-refractivity contribution in [1.82, 2.24) is 5.16 Å². The zero-order valence-electron chi connectivity index (χ0n) is 9.85. The number of hydrogen-bond acceptors (Lipinski definition) is 4. The van der Waals surface area contributed by atoms with Crippen molar-refractivity contribution in [3.05, 3.63) is 47.3 Å². The summed E-state index contributed by atoms with van der Waals surface area (Å²) < 4.78 is 46.7. The minimum absolute atomic E-state index is 0.170. The highest BCUT2D eigenvalue weighted by molar-refractivity contribution is 5.85. The Morgan fingerprint density at radius 3 is 2.50 bits per heavy atom. The van der Waals surface area contributed by atoms with Crippen molar-refractivity contribution >= 4 is 5.97 Å². The SMILES string of the molecule is O=C(O)c1oncc1COc1ccc(C(F)(F)F)cc1. The number of aromatic carboxylic acids is 1. The zero-order chi connectivity index (χ0) is 14.8. The summed E-state index contributed by atoms with van der Waals surface area (Å²) in [5.41, 5.74) is -0.599. The lowest BCUT2D eigenvalue weighted by Gasteiger charge is -2.08. The van der Waals surface area contributed by atoms with Crippen LogP contribution in [0.15, 0.2) is 35.0 Å². The van der Waals surface area contributed by atoms with Gasteiger partial charge in [-0.2, -0.15) is 13.2 Å². The summed E-state index contributed by atoms with van der Waals surface area (Å²) in [5, 5.41) is 12.1. The van der Waals surface area contributed by atoms with Crippen molar-refractivity contribution < 1.29 is 32.3 Å². The van der Waals surface area contributed by atoms with Crippen LogP contribution in [0.4, 0.5) is 13.2 Å². The van der Waals surface area contributed by atoms with Crippen molar-refractivity contribution in [1.29, 1.82) is 0 Å². The molecule has 0 radical (unpaired) electrons. The molecule has 2 rings (SSSR count). The molecule has 8 heteroatoms. The molecule has 0 aliphatic rings. The number of carbonyl (C=O) groups is 1. The van der Waals surface area contributed by atoms with E-state index in [1.807, 2.05) is 0 Å². The Morgan fingerprint density at radius 1 is 1.30 bits per heavy atom. The number of ether oxygens (including phenoxy) is 1. The molecule has 0 unspecified atom stereocenters. The van der Waals surface area contributed by atoms with Crippen molar-refractivity contribution in [2.24, 2.45) is 0 Å². The molecular weight excluding hydrogens is 279 g/mol. The van der Waals surface area contributed by atoms with Gasteiger partial charge in [0.1, 0.15) is 12.4 Å². The topological polar surface area (TPSA) is 72.6 Å². The normalized spacial score (nSPS) is 11.3. The number of aromatic nitrogens is 1. The van der Waals surface area contributed by atoms with Gasteiger partial charge >= 0.3 is 12.1 Å². The molecule has 1 N–H and O–H groups in total. The van der Waals surface area contributed by atoms with Gasteiger partial charge in [0, 0.05) is 0 Å². The molecule has 0 spiro atoms. The molecule has 106 valence electrons. The number of halogens is 3. The highest BCUT2D eigenvalue weighted by Crippen LogP contribution is 2.30. The second-order valence-corrected chi connectivity index (χ2v) is 3.80. The lowest BCUT2D eigenvalue weighted by atomic mass is 10.2. The summed E-state index contributed by atoms with van der Waals surface area (Å²) in [4.78, 5) is 10.7. The maximum Gasteiger partial charge on any atom is 0.416 e. The largest absolute Gasteiger partial charge is 0.489 e. The minimum Gasteiger partial charge on any atom is -0.489 e. The summed E-state index contributed by atoms with van der Waals surface area (Å²) in [6.45, 7) is -0.170. The zero-order valence-corrected chi connectivity index (χ0v) is 9.85. The molecule has 0 aliphatic carbocycles. The Kier molecular flexibility index (Phi) is 3.64. The van der Waals surface area contributed by atoms with E-state index in [1.54, 1.807) is 0 Å². The standard InChI is InChI=1S/C12H8F3NO4/c13-12(14,15)8-1-3-9(4-2-8)19-6-7-5-16-20-10(7)11(17)18/h1-5H,6H2,(H,17,18). The lowest BCUT2D eigenvalue weighted by molar-refractivity contribution is -0.137. The quantitative estimate of drug-likeness (QED) is 0.935. The molecule has 0 aliphatic heterocycles. The number of nitrogens with zero attached hydrogens (tertiary/aromatic N) is 1. The summed E-state index contributed by atoms with van der Waals surface area (Å²) in [6, 6.07) is 4.05. The van der Waals surface area contributed by atoms with E-state index in [1.165, 1.54) is 6.20 Å². The Morgan fingerprint density at radius 2 is 1.95 bits per heavy atom. The predicted molar refractivity (Wildman–Crippen MR) is 59.2 cm³/mol. The Balaban J connectivity index is 2.04. The van der Waals surface area contributed by atoms with E-state index in [0.717, 1.165) is 24.3 Å². The van der Waals surface area contributed by atoms with Crippen LogP contribution in [0.2, 0.25) is 0 Å². The third-order valence-corrected chi connectivity index (χ3v) is 2.41. The first-order valence-corrected chi connectivity index (χ1v) is 5.35. The van der Waals surface area contributed by atoms with Gasteiger partial charge < -0.3 is 14.4 Å². The van der Waals surface area contributed by atoms with Crippen molar-refractivity contribution in [3.63, 3.8) is 0 Å². The average molecular weight is 287 g/mol. The van der Waals surface area contributed by atoms with Gasteiger partial charge in [-0.3, -0.25) is 0 Å². The highest BCUT2D eigenvalue weighted by Gasteiger charge is 2.30. The summed E-state index contributed by atoms with van der Waals surface area (Å²) in [5.74, 6) is -1.49. The molecule has 1 heterocycles. The molecular formula is C12H8F3NO4. The van der Waals surface area contributed by atoms with Crippen molar-refractivity contribution in [3.8, 4) is 5.75 Å². The van der Waals surface area contributed by atoms with Gasteiger partial charge in [0.15, 0.2) is 0 Å². The fourth-order valence-electron chi connectivity index (χ4n) is 1.44. The van der Waals surface area contributed by atoms with Crippen LogP contribution in [0.5, 0.6) is 5.75 Å². The third kappa shape index (κ3) is 3.08. The van der Waals surface area contributed by atoms with Crippen molar-refractivity contribution in [2.75, 3.05) is 0 Å². The first-order valence-electron chi connectivity index (χ1n) is 5.35. The average Bonchev–Trinajstić information content (AvgIpc) is 2.84. The Labute approximate surface area is 110 Å². The van der Waals surface area contributed by atoms with E-state index in [2.05, 4.69) is 9.68 Å². The number of carboxylic acids is 1. The van der Waals surface area contributed by atoms with Crippen LogP contribution in [-0.4, -0.2) is 16.2 Å². The predicted octanol–water partition coefficient (Wildman–Crippen LogP) is 2.97. The fraction of sp³-hybridized carbons (Fsp3) is 0.167. The molecule has 0 atom stereocenters. The monoisotopic (exact) mass is 287 g/mol. The molecule has 0 bridgehead atoms. The summed E-state index contributed by atoms with van der Waals surface area (Å²) >= 11 is 0. The van der Waals surface area contributed by atoms with Gasteiger partial charge in [0.05, 0.1) is 17.3 Å². The molecule has 5 nitrogen and oxygen atoms in total. The van der Waals surface area contributed by atoms with Crippen LogP contribution in [0, 0.1) is 0 Å². The molecule has 0 saturated carbocycles. The van der Waals surface area contributed by atoms with E-state index < -0.39 is 17.7 Å². The second-order valence-electron chi connectivity index (χ2n) is 3.80. The number of rotatable bonds is 4. The summed E-state index contributed by atoms with van der Waals surface area (Å²) in [7, 11) is 0. The molecule has 2 aromatic rings. The van der Waals surface area contributed by atoms with Crippen LogP contribution in [0.25, 0.3) is 0 Å². The van der Waals surface area contributed by atoms with E-state index in [4.69, 9.17) is 9.84 Å². The van der Waals surface area contributed by atoms with Gasteiger partial charge in [0.2, 0.25) is 0 Å². The van der Waals surface area contributed by atoms with Gasteiger partial charge in [-0.05, 0) is 24.3 Å². The van der Waals surface area contributed by atoms with Gasteiger partial charge in [-0.1, -0.05) is 5.16 Å². The first-order chi connectivity index (χ1) is 9.38. The third-order valence-electron chi connectivity index (χ3n) is 2.41. The lowest BCUT2D eigenvalue weighted by Crippen LogP contribution is -2.05.